The highest BCUT2D eigenvalue weighted by Crippen LogP contribution is 2.54. The third kappa shape index (κ3) is 1.49. The molecule has 2 aromatic rings. The van der Waals surface area contributed by atoms with Crippen LogP contribution in [0.3, 0.4) is 0 Å². The Morgan fingerprint density at radius 2 is 1.85 bits per heavy atom. The molecule has 0 spiro atoms. The maximum absolute atomic E-state index is 2.48. The van der Waals surface area contributed by atoms with Crippen LogP contribution in [0.2, 0.25) is 0 Å². The molecule has 102 valence electrons. The Kier molecular flexibility index (Phi) is 2.47. The van der Waals surface area contributed by atoms with Crippen LogP contribution in [0.1, 0.15) is 54.0 Å². The van der Waals surface area contributed by atoms with E-state index in [4.69, 9.17) is 0 Å². The predicted octanol–water partition coefficient (Wildman–Crippen LogP) is 4.64. The molecule has 4 rings (SSSR count). The van der Waals surface area contributed by atoms with E-state index < -0.39 is 0 Å². The first kappa shape index (κ1) is 12.0. The third-order valence-electron chi connectivity index (χ3n) is 5.11. The fourth-order valence-corrected chi connectivity index (χ4v) is 4.03. The fraction of sp³-hybridized carbons (Fsp3) is 0.368. The van der Waals surface area contributed by atoms with E-state index >= 15 is 0 Å². The molecule has 0 radical (unpaired) electrons. The zero-order chi connectivity index (χ0) is 13.9. The number of likely N-dealkylation sites (N-methyl/N-ethyl adjacent to an activating group) is 1. The van der Waals surface area contributed by atoms with E-state index in [0.29, 0.717) is 17.9 Å². The highest BCUT2D eigenvalue weighted by molar-refractivity contribution is 5.66. The van der Waals surface area contributed by atoms with Crippen molar-refractivity contribution in [2.45, 2.75) is 38.1 Å². The summed E-state index contributed by atoms with van der Waals surface area (Å²) in [7, 11) is 2.25. The molecule has 1 heterocycles. The van der Waals surface area contributed by atoms with Gasteiger partial charge >= 0.3 is 0 Å². The molecule has 0 amide bonds. The molecular weight excluding hydrogens is 242 g/mol. The topological polar surface area (TPSA) is 3.24 Å². The Morgan fingerprint density at radius 3 is 2.65 bits per heavy atom. The van der Waals surface area contributed by atoms with Crippen molar-refractivity contribution in [3.63, 3.8) is 0 Å². The predicted molar refractivity (Wildman–Crippen MR) is 84.6 cm³/mol. The lowest BCUT2D eigenvalue weighted by molar-refractivity contribution is 0.617. The Balaban J connectivity index is 1.84. The van der Waals surface area contributed by atoms with Crippen LogP contribution < -0.4 is 4.90 Å². The summed E-state index contributed by atoms with van der Waals surface area (Å²) in [6, 6.07) is 16.6. The summed E-state index contributed by atoms with van der Waals surface area (Å²) in [6.45, 7) is 4.56. The molecule has 1 nitrogen and oxygen atoms in total. The van der Waals surface area contributed by atoms with E-state index in [1.807, 2.05) is 0 Å². The van der Waals surface area contributed by atoms with E-state index in [9.17, 15) is 0 Å². The Labute approximate surface area is 121 Å². The minimum absolute atomic E-state index is 0.545. The molecule has 1 aliphatic heterocycles. The first-order valence-corrected chi connectivity index (χ1v) is 7.61. The number of benzene rings is 2. The SMILES string of the molecule is CC(C)c1ccc2c(c1)C1Cc3ccccc3C1N2C. The normalized spacial score (nSPS) is 22.9. The lowest BCUT2D eigenvalue weighted by Gasteiger charge is -2.23. The van der Waals surface area contributed by atoms with Gasteiger partial charge in [-0.15, -0.1) is 0 Å². The molecule has 2 aliphatic rings. The maximum atomic E-state index is 2.48. The summed E-state index contributed by atoms with van der Waals surface area (Å²) in [5.74, 6) is 1.25. The molecule has 2 unspecified atom stereocenters. The second kappa shape index (κ2) is 4.12. The first-order chi connectivity index (χ1) is 9.66. The van der Waals surface area contributed by atoms with Crippen LogP contribution in [0, 0.1) is 0 Å². The fourth-order valence-electron chi connectivity index (χ4n) is 4.03. The molecule has 0 saturated carbocycles. The molecule has 0 bridgehead atoms. The monoisotopic (exact) mass is 263 g/mol. The molecule has 0 saturated heterocycles. The Hall–Kier alpha value is -1.76. The number of hydrogen-bond acceptors (Lipinski definition) is 1. The average molecular weight is 263 g/mol. The summed E-state index contributed by atoms with van der Waals surface area (Å²) < 4.78 is 0. The van der Waals surface area contributed by atoms with Crippen molar-refractivity contribution in [1.29, 1.82) is 0 Å². The molecule has 0 aromatic heterocycles. The van der Waals surface area contributed by atoms with Gasteiger partial charge in [-0.25, -0.2) is 0 Å². The number of anilines is 1. The maximum Gasteiger partial charge on any atom is 0.0614 e. The standard InChI is InChI=1S/C19H21N/c1-12(2)13-8-9-18-16(10-13)17-11-14-6-4-5-7-15(14)19(17)20(18)3/h4-10,12,17,19H,11H2,1-3H3. The molecule has 20 heavy (non-hydrogen) atoms. The second-order valence-corrected chi connectivity index (χ2v) is 6.54. The molecular formula is C19H21N. The second-order valence-electron chi connectivity index (χ2n) is 6.54. The molecule has 0 fully saturated rings. The minimum Gasteiger partial charge on any atom is -0.367 e. The van der Waals surface area contributed by atoms with Crippen LogP contribution in [-0.2, 0) is 6.42 Å². The lowest BCUT2D eigenvalue weighted by atomic mass is 9.92. The smallest absolute Gasteiger partial charge is 0.0614 e. The Bertz CT molecular complexity index is 671. The third-order valence-corrected chi connectivity index (χ3v) is 5.11. The van der Waals surface area contributed by atoms with Gasteiger partial charge in [0, 0.05) is 18.7 Å². The van der Waals surface area contributed by atoms with Crippen LogP contribution in [0.15, 0.2) is 42.5 Å². The largest absolute Gasteiger partial charge is 0.367 e. The van der Waals surface area contributed by atoms with Gasteiger partial charge in [0.1, 0.15) is 0 Å². The number of fused-ring (bicyclic) bond motifs is 5. The minimum atomic E-state index is 0.545. The van der Waals surface area contributed by atoms with Crippen molar-refractivity contribution in [3.8, 4) is 0 Å². The van der Waals surface area contributed by atoms with Gasteiger partial charge in [0.05, 0.1) is 6.04 Å². The summed E-state index contributed by atoms with van der Waals surface area (Å²) in [6.07, 6.45) is 1.19. The van der Waals surface area contributed by atoms with Gasteiger partial charge in [-0.05, 0) is 40.7 Å². The molecule has 1 aliphatic carbocycles. The molecule has 1 heteroatoms. The van der Waals surface area contributed by atoms with Crippen molar-refractivity contribution in [3.05, 3.63) is 64.7 Å². The number of nitrogens with zero attached hydrogens (tertiary/aromatic N) is 1. The number of hydrogen-bond donors (Lipinski definition) is 0. The summed E-state index contributed by atoms with van der Waals surface area (Å²) in [5, 5.41) is 0. The molecule has 2 atom stereocenters. The van der Waals surface area contributed by atoms with Gasteiger partial charge in [-0.2, -0.15) is 0 Å². The average Bonchev–Trinajstić information content (AvgIpc) is 2.96. The van der Waals surface area contributed by atoms with Crippen molar-refractivity contribution in [2.24, 2.45) is 0 Å². The van der Waals surface area contributed by atoms with Crippen molar-refractivity contribution < 1.29 is 0 Å². The first-order valence-electron chi connectivity index (χ1n) is 7.61. The van der Waals surface area contributed by atoms with E-state index in [2.05, 4.69) is 68.3 Å². The summed E-state index contributed by atoms with van der Waals surface area (Å²) in [5.41, 5.74) is 7.52. The van der Waals surface area contributed by atoms with Gasteiger partial charge in [-0.3, -0.25) is 0 Å². The van der Waals surface area contributed by atoms with Crippen LogP contribution in [0.25, 0.3) is 0 Å². The number of rotatable bonds is 1. The molecule has 2 aromatic carbocycles. The van der Waals surface area contributed by atoms with Crippen LogP contribution in [-0.4, -0.2) is 7.05 Å². The Morgan fingerprint density at radius 1 is 1.05 bits per heavy atom. The van der Waals surface area contributed by atoms with Crippen LogP contribution in [0.4, 0.5) is 5.69 Å². The highest BCUT2D eigenvalue weighted by Gasteiger charge is 2.42. The van der Waals surface area contributed by atoms with Gasteiger partial charge in [0.25, 0.3) is 0 Å². The summed E-state index contributed by atoms with van der Waals surface area (Å²) >= 11 is 0. The van der Waals surface area contributed by atoms with E-state index in [-0.39, 0.29) is 0 Å². The van der Waals surface area contributed by atoms with Crippen LogP contribution >= 0.6 is 0 Å². The zero-order valence-electron chi connectivity index (χ0n) is 12.4. The van der Waals surface area contributed by atoms with E-state index in [1.54, 1.807) is 5.56 Å². The lowest BCUT2D eigenvalue weighted by Crippen LogP contribution is -2.19. The summed E-state index contributed by atoms with van der Waals surface area (Å²) in [4.78, 5) is 2.48. The van der Waals surface area contributed by atoms with Crippen molar-refractivity contribution in [1.82, 2.24) is 0 Å². The van der Waals surface area contributed by atoms with Gasteiger partial charge < -0.3 is 4.90 Å². The van der Waals surface area contributed by atoms with Crippen molar-refractivity contribution in [2.75, 3.05) is 11.9 Å². The van der Waals surface area contributed by atoms with E-state index in [0.717, 1.165) is 0 Å². The van der Waals surface area contributed by atoms with Crippen LogP contribution in [0.5, 0.6) is 0 Å². The molecule has 0 N–H and O–H groups in total. The quantitative estimate of drug-likeness (QED) is 0.724. The van der Waals surface area contributed by atoms with Crippen molar-refractivity contribution >= 4 is 5.69 Å². The van der Waals surface area contributed by atoms with Gasteiger partial charge in [0.2, 0.25) is 0 Å². The van der Waals surface area contributed by atoms with Gasteiger partial charge in [-0.1, -0.05) is 50.2 Å². The zero-order valence-corrected chi connectivity index (χ0v) is 12.4. The van der Waals surface area contributed by atoms with Gasteiger partial charge in [0.15, 0.2) is 0 Å². The van der Waals surface area contributed by atoms with E-state index in [1.165, 1.54) is 28.8 Å². The highest BCUT2D eigenvalue weighted by atomic mass is 15.2.